The van der Waals surface area contributed by atoms with Gasteiger partial charge in [0.25, 0.3) is 5.91 Å². The number of halogens is 2. The number of esters is 1. The molecule has 0 aromatic heterocycles. The molecular weight excluding hydrogens is 561 g/mol. The van der Waals surface area contributed by atoms with E-state index in [4.69, 9.17) is 42.4 Å². The van der Waals surface area contributed by atoms with Crippen LogP contribution in [0.2, 0.25) is 10.0 Å². The first-order valence-electron chi connectivity index (χ1n) is 12.5. The van der Waals surface area contributed by atoms with Gasteiger partial charge in [-0.05, 0) is 37.0 Å². The highest BCUT2D eigenvalue weighted by atomic mass is 35.5. The third-order valence-electron chi connectivity index (χ3n) is 6.22. The molecule has 2 amide bonds. The van der Waals surface area contributed by atoms with E-state index in [9.17, 15) is 14.4 Å². The van der Waals surface area contributed by atoms with Crippen LogP contribution in [0.4, 0.5) is 4.79 Å². The third-order valence-corrected chi connectivity index (χ3v) is 6.88. The predicted molar refractivity (Wildman–Crippen MR) is 150 cm³/mol. The monoisotopic (exact) mass is 591 g/mol. The Kier molecular flexibility index (Phi) is 10.9. The van der Waals surface area contributed by atoms with Gasteiger partial charge in [0, 0.05) is 40.4 Å². The second-order valence-electron chi connectivity index (χ2n) is 9.25. The average molecular weight is 592 g/mol. The highest BCUT2D eigenvalue weighted by molar-refractivity contribution is 6.47. The number of oxime groups is 2. The summed E-state index contributed by atoms with van der Waals surface area (Å²) in [6, 6.07) is 12.3. The highest BCUT2D eigenvalue weighted by Crippen LogP contribution is 2.58. The number of carbonyl (C=O) groups excluding carboxylic acids is 3. The third kappa shape index (κ3) is 7.31. The van der Waals surface area contributed by atoms with Gasteiger partial charge in [0.2, 0.25) is 6.79 Å². The van der Waals surface area contributed by atoms with Crippen LogP contribution >= 0.6 is 23.2 Å². The van der Waals surface area contributed by atoms with Crippen molar-refractivity contribution in [2.45, 2.75) is 39.2 Å². The van der Waals surface area contributed by atoms with Gasteiger partial charge < -0.3 is 19.1 Å². The maximum Gasteiger partial charge on any atom is 0.419 e. The molecule has 1 aliphatic rings. The minimum atomic E-state index is -1.04. The van der Waals surface area contributed by atoms with Gasteiger partial charge in [-0.1, -0.05) is 77.7 Å². The Morgan fingerprint density at radius 3 is 2.38 bits per heavy atom. The van der Waals surface area contributed by atoms with Crippen LogP contribution in [-0.4, -0.2) is 55.7 Å². The van der Waals surface area contributed by atoms with Crippen LogP contribution in [0.5, 0.6) is 0 Å². The van der Waals surface area contributed by atoms with E-state index < -0.39 is 36.8 Å². The number of amides is 2. The fourth-order valence-corrected chi connectivity index (χ4v) is 4.81. The van der Waals surface area contributed by atoms with Gasteiger partial charge in [-0.15, -0.1) is 0 Å². The van der Waals surface area contributed by atoms with E-state index in [0.717, 1.165) is 5.56 Å². The lowest BCUT2D eigenvalue weighted by atomic mass is 9.94. The molecule has 2 aromatic rings. The molecule has 1 saturated carbocycles. The van der Waals surface area contributed by atoms with E-state index in [-0.39, 0.29) is 17.5 Å². The first-order chi connectivity index (χ1) is 19.1. The van der Waals surface area contributed by atoms with Gasteiger partial charge in [0.05, 0.1) is 5.92 Å². The molecule has 3 rings (SSSR count). The lowest BCUT2D eigenvalue weighted by molar-refractivity contribution is -0.156. The molecular formula is C28H31Cl2N3O7. The van der Waals surface area contributed by atoms with E-state index in [1.807, 2.05) is 0 Å². The van der Waals surface area contributed by atoms with Crippen molar-refractivity contribution in [1.82, 2.24) is 4.90 Å². The van der Waals surface area contributed by atoms with Gasteiger partial charge in [-0.3, -0.25) is 9.59 Å². The number of rotatable bonds is 11. The molecule has 3 atom stereocenters. The summed E-state index contributed by atoms with van der Waals surface area (Å²) >= 11 is 12.9. The Labute approximate surface area is 242 Å². The Morgan fingerprint density at radius 2 is 1.75 bits per heavy atom. The first-order valence-corrected chi connectivity index (χ1v) is 13.3. The van der Waals surface area contributed by atoms with Gasteiger partial charge in [0.1, 0.15) is 7.11 Å². The SMILES string of the molecule is CC=NOC(c1ccccc1C(=NOC)C(=O)N(C)C(=O)OCOC(=O)C(C)C)C1CC1c1c(Cl)cccc1Cl. The van der Waals surface area contributed by atoms with E-state index in [2.05, 4.69) is 10.3 Å². The summed E-state index contributed by atoms with van der Waals surface area (Å²) in [6.07, 6.45) is 0.586. The van der Waals surface area contributed by atoms with Gasteiger partial charge >= 0.3 is 12.1 Å². The zero-order chi connectivity index (χ0) is 29.4. The molecule has 3 unspecified atom stereocenters. The topological polar surface area (TPSA) is 116 Å². The van der Waals surface area contributed by atoms with E-state index in [0.29, 0.717) is 32.5 Å². The Balaban J connectivity index is 1.90. The Hall–Kier alpha value is -3.63. The van der Waals surface area contributed by atoms with Crippen LogP contribution in [0.3, 0.4) is 0 Å². The van der Waals surface area contributed by atoms with Crippen molar-refractivity contribution in [3.05, 3.63) is 69.2 Å². The molecule has 2 aromatic carbocycles. The van der Waals surface area contributed by atoms with Gasteiger partial charge in [-0.25, -0.2) is 9.69 Å². The summed E-state index contributed by atoms with van der Waals surface area (Å²) in [6.45, 7) is 4.36. The quantitative estimate of drug-likeness (QED) is 0.137. The fourth-order valence-electron chi connectivity index (χ4n) is 4.14. The molecule has 40 heavy (non-hydrogen) atoms. The lowest BCUT2D eigenvalue weighted by Crippen LogP contribution is -2.40. The minimum Gasteiger partial charge on any atom is -0.428 e. The number of benzene rings is 2. The normalized spacial score (nSPS) is 17.4. The summed E-state index contributed by atoms with van der Waals surface area (Å²) in [4.78, 5) is 49.2. The summed E-state index contributed by atoms with van der Waals surface area (Å²) in [5.74, 6) is -1.83. The molecule has 0 aliphatic heterocycles. The number of nitrogens with zero attached hydrogens (tertiary/aromatic N) is 3. The van der Waals surface area contributed by atoms with Gasteiger partial charge in [-0.2, -0.15) is 0 Å². The standard InChI is InChI=1S/C28H31Cl2N3O7/c1-6-31-40-25(20-14-19(20)23-21(29)12-9-13-22(23)30)18-11-8-7-10-17(18)24(32-37-5)26(34)33(4)28(36)39-15-38-27(35)16(2)3/h6-13,16,19-20,25H,14-15H2,1-5H3. The van der Waals surface area contributed by atoms with Crippen molar-refractivity contribution < 1.29 is 33.5 Å². The number of likely N-dealkylation sites (N-methyl/N-ethyl adjacent to an activating group) is 1. The Morgan fingerprint density at radius 1 is 1.07 bits per heavy atom. The van der Waals surface area contributed by atoms with Gasteiger partial charge in [0.15, 0.2) is 11.8 Å². The van der Waals surface area contributed by atoms with Crippen LogP contribution in [0.1, 0.15) is 55.9 Å². The molecule has 0 radical (unpaired) electrons. The van der Waals surface area contributed by atoms with E-state index >= 15 is 0 Å². The van der Waals surface area contributed by atoms with Crippen molar-refractivity contribution >= 4 is 53.1 Å². The molecule has 1 fully saturated rings. The fraction of sp³-hybridized carbons (Fsp3) is 0.393. The predicted octanol–water partition coefficient (Wildman–Crippen LogP) is 5.96. The number of imide groups is 1. The molecule has 0 heterocycles. The minimum absolute atomic E-state index is 0.00368. The van der Waals surface area contributed by atoms with E-state index in [1.54, 1.807) is 63.2 Å². The summed E-state index contributed by atoms with van der Waals surface area (Å²) in [5, 5.41) is 9.07. The van der Waals surface area contributed by atoms with E-state index in [1.165, 1.54) is 20.4 Å². The molecule has 0 N–H and O–H groups in total. The van der Waals surface area contributed by atoms with Crippen LogP contribution < -0.4 is 0 Å². The van der Waals surface area contributed by atoms with Crippen LogP contribution in [0.15, 0.2) is 52.8 Å². The maximum atomic E-state index is 13.4. The summed E-state index contributed by atoms with van der Waals surface area (Å²) in [5.41, 5.74) is 1.62. The average Bonchev–Trinajstić information content (AvgIpc) is 3.71. The van der Waals surface area contributed by atoms with Crippen molar-refractivity contribution in [3.8, 4) is 0 Å². The summed E-state index contributed by atoms with van der Waals surface area (Å²) < 4.78 is 9.79. The van der Waals surface area contributed by atoms with Crippen molar-refractivity contribution in [3.63, 3.8) is 0 Å². The largest absolute Gasteiger partial charge is 0.428 e. The molecule has 0 spiro atoms. The lowest BCUT2D eigenvalue weighted by Gasteiger charge is -2.21. The van der Waals surface area contributed by atoms with Crippen LogP contribution in [-0.2, 0) is 28.7 Å². The molecule has 10 nitrogen and oxygen atoms in total. The highest BCUT2D eigenvalue weighted by Gasteiger charge is 2.49. The molecule has 0 saturated heterocycles. The van der Waals surface area contributed by atoms with Crippen molar-refractivity contribution in [1.29, 1.82) is 0 Å². The Bertz CT molecular complexity index is 1280. The second kappa shape index (κ2) is 14.1. The number of ether oxygens (including phenoxy) is 2. The second-order valence-corrected chi connectivity index (χ2v) is 10.1. The number of carbonyl (C=O) groups is 3. The molecule has 1 aliphatic carbocycles. The van der Waals surface area contributed by atoms with Crippen molar-refractivity contribution in [2.24, 2.45) is 22.1 Å². The smallest absolute Gasteiger partial charge is 0.419 e. The number of hydrogen-bond acceptors (Lipinski definition) is 9. The zero-order valence-electron chi connectivity index (χ0n) is 22.8. The molecule has 12 heteroatoms. The van der Waals surface area contributed by atoms with Crippen molar-refractivity contribution in [2.75, 3.05) is 21.0 Å². The molecule has 0 bridgehead atoms. The van der Waals surface area contributed by atoms with Crippen LogP contribution in [0.25, 0.3) is 0 Å². The number of hydrogen-bond donors (Lipinski definition) is 0. The van der Waals surface area contributed by atoms with Crippen LogP contribution in [0, 0.1) is 11.8 Å². The summed E-state index contributed by atoms with van der Waals surface area (Å²) in [7, 11) is 2.50. The zero-order valence-corrected chi connectivity index (χ0v) is 24.3. The molecule has 214 valence electrons. The first kappa shape index (κ1) is 30.9. The maximum absolute atomic E-state index is 13.4.